The Bertz CT molecular complexity index is 1620. The van der Waals surface area contributed by atoms with Gasteiger partial charge >= 0.3 is 54.9 Å². The fourth-order valence-corrected chi connectivity index (χ4v) is 5.65. The summed E-state index contributed by atoms with van der Waals surface area (Å²) < 4.78 is 263. The van der Waals surface area contributed by atoms with Crippen molar-refractivity contribution in [2.24, 2.45) is 10.8 Å². The Labute approximate surface area is 318 Å². The molecule has 1 rings (SSSR count). The first-order valence-corrected chi connectivity index (χ1v) is 16.2. The normalized spacial score (nSPS) is 18.0. The lowest BCUT2D eigenvalue weighted by Gasteiger charge is -2.50. The highest BCUT2D eigenvalue weighted by atomic mass is 19.4. The summed E-state index contributed by atoms with van der Waals surface area (Å²) in [5, 5.41) is 19.3. The molecule has 1 aromatic rings. The summed E-state index contributed by atoms with van der Waals surface area (Å²) in [6.45, 7) is 4.68. The number of alkyl halides is 17. The molecule has 0 amide bonds. The van der Waals surface area contributed by atoms with Gasteiger partial charge in [0.15, 0.2) is 5.41 Å². The van der Waals surface area contributed by atoms with Crippen molar-refractivity contribution >= 4 is 18.1 Å². The first-order chi connectivity index (χ1) is 25.3. The van der Waals surface area contributed by atoms with E-state index in [1.54, 1.807) is 0 Å². The van der Waals surface area contributed by atoms with Crippen LogP contribution in [0, 0.1) is 10.8 Å². The molecular formula is C33H37F17O8. The van der Waals surface area contributed by atoms with Gasteiger partial charge in [-0.25, -0.2) is 13.6 Å². The number of carbonyl (C=O) groups is 3. The van der Waals surface area contributed by atoms with E-state index in [0.29, 0.717) is 0 Å². The third kappa shape index (κ3) is 9.63. The van der Waals surface area contributed by atoms with Crippen LogP contribution in [0.1, 0.15) is 91.7 Å². The van der Waals surface area contributed by atoms with Gasteiger partial charge in [-0.3, -0.25) is 9.59 Å². The zero-order chi connectivity index (χ0) is 46.5. The number of esters is 1. The lowest BCUT2D eigenvalue weighted by atomic mass is 9.65. The van der Waals surface area contributed by atoms with Crippen LogP contribution in [0.4, 0.5) is 79.4 Å². The van der Waals surface area contributed by atoms with E-state index in [1.807, 2.05) is 0 Å². The maximum atomic E-state index is 17.2. The second-order valence-electron chi connectivity index (χ2n) is 15.3. The molecule has 0 aliphatic heterocycles. The van der Waals surface area contributed by atoms with E-state index < -0.39 is 137 Å². The van der Waals surface area contributed by atoms with Crippen LogP contribution in [-0.2, 0) is 29.4 Å². The molecule has 0 spiro atoms. The maximum Gasteiger partial charge on any atom is 0.509 e. The monoisotopic (exact) mass is 884 g/mol. The number of carboxylic acids is 1. The van der Waals surface area contributed by atoms with Crippen molar-refractivity contribution in [3.05, 3.63) is 35.4 Å². The second kappa shape index (κ2) is 15.7. The van der Waals surface area contributed by atoms with Gasteiger partial charge in [-0.1, -0.05) is 31.2 Å². The average molecular weight is 885 g/mol. The van der Waals surface area contributed by atoms with Gasteiger partial charge in [0, 0.05) is 12.0 Å². The largest absolute Gasteiger partial charge is 0.509 e. The van der Waals surface area contributed by atoms with Crippen molar-refractivity contribution in [2.75, 3.05) is 0 Å². The molecule has 0 radical (unpaired) electrons. The first-order valence-electron chi connectivity index (χ1n) is 16.2. The number of carbonyl (C=O) groups excluding carboxylic acids is 2. The van der Waals surface area contributed by atoms with Crippen molar-refractivity contribution < 1.29 is 113 Å². The van der Waals surface area contributed by atoms with Crippen LogP contribution < -0.4 is 0 Å². The molecule has 2 N–H and O–H groups in total. The third-order valence-electron chi connectivity index (χ3n) is 8.82. The number of aliphatic carboxylic acids is 1. The number of aliphatic hydroxyl groups is 1. The van der Waals surface area contributed by atoms with Crippen molar-refractivity contribution in [3.8, 4) is 0 Å². The molecule has 336 valence electrons. The van der Waals surface area contributed by atoms with Gasteiger partial charge < -0.3 is 24.4 Å². The molecule has 0 saturated carbocycles. The van der Waals surface area contributed by atoms with Crippen LogP contribution in [0.5, 0.6) is 0 Å². The first kappa shape index (κ1) is 52.2. The van der Waals surface area contributed by atoms with Gasteiger partial charge in [0.2, 0.25) is 5.41 Å². The molecule has 0 aromatic heterocycles. The van der Waals surface area contributed by atoms with E-state index in [2.05, 4.69) is 14.2 Å². The number of halogens is 17. The van der Waals surface area contributed by atoms with E-state index in [0.717, 1.165) is 41.5 Å². The van der Waals surface area contributed by atoms with Crippen LogP contribution >= 0.6 is 0 Å². The number of rotatable bonds is 12. The highest BCUT2D eigenvalue weighted by molar-refractivity contribution is 5.80. The molecular weight excluding hydrogens is 847 g/mol. The summed E-state index contributed by atoms with van der Waals surface area (Å²) in [6.07, 6.45) is -44.5. The van der Waals surface area contributed by atoms with Crippen molar-refractivity contribution in [1.82, 2.24) is 0 Å². The Balaban J connectivity index is 4.73. The molecule has 4 atom stereocenters. The molecule has 0 aliphatic rings. The third-order valence-corrected chi connectivity index (χ3v) is 8.82. The predicted molar refractivity (Wildman–Crippen MR) is 162 cm³/mol. The maximum absolute atomic E-state index is 17.2. The molecule has 25 heteroatoms. The minimum atomic E-state index is -7.19. The van der Waals surface area contributed by atoms with Gasteiger partial charge in [-0.05, 0) is 72.8 Å². The molecule has 1 aromatic carbocycles. The van der Waals surface area contributed by atoms with Gasteiger partial charge in [-0.15, -0.1) is 0 Å². The van der Waals surface area contributed by atoms with E-state index >= 15 is 35.1 Å². The number of benzene rings is 1. The van der Waals surface area contributed by atoms with Gasteiger partial charge in [0.1, 0.15) is 11.2 Å². The van der Waals surface area contributed by atoms with Crippen molar-refractivity contribution in [3.63, 3.8) is 0 Å². The molecule has 0 aliphatic carbocycles. The Hall–Kier alpha value is -3.80. The van der Waals surface area contributed by atoms with Crippen LogP contribution in [-0.4, -0.2) is 81.9 Å². The van der Waals surface area contributed by atoms with Crippen molar-refractivity contribution in [2.45, 2.75) is 140 Å². The second-order valence-corrected chi connectivity index (χ2v) is 15.3. The van der Waals surface area contributed by atoms with E-state index in [4.69, 9.17) is 0 Å². The van der Waals surface area contributed by atoms with Gasteiger partial charge in [0.25, 0.3) is 11.2 Å². The summed E-state index contributed by atoms with van der Waals surface area (Å²) in [4.78, 5) is 38.1. The van der Waals surface area contributed by atoms with Crippen LogP contribution in [0.25, 0.3) is 0 Å². The molecule has 58 heavy (non-hydrogen) atoms. The highest BCUT2D eigenvalue weighted by Crippen LogP contribution is 2.64. The number of ether oxygens (including phenoxy) is 3. The number of hydrogen-bond acceptors (Lipinski definition) is 7. The topological polar surface area (TPSA) is 119 Å². The average Bonchev–Trinajstić information content (AvgIpc) is 2.95. The van der Waals surface area contributed by atoms with E-state index in [1.165, 1.54) is 0 Å². The van der Waals surface area contributed by atoms with Crippen molar-refractivity contribution in [1.29, 1.82) is 0 Å². The Morgan fingerprint density at radius 1 is 0.586 bits per heavy atom. The lowest BCUT2D eigenvalue weighted by molar-refractivity contribution is -0.394. The molecule has 0 heterocycles. The molecule has 0 bridgehead atoms. The van der Waals surface area contributed by atoms with Crippen LogP contribution in [0.15, 0.2) is 24.3 Å². The molecule has 4 unspecified atom stereocenters. The fraction of sp³-hybridized carbons (Fsp3) is 0.727. The van der Waals surface area contributed by atoms with E-state index in [9.17, 15) is 64.1 Å². The quantitative estimate of drug-likeness (QED) is 0.157. The Morgan fingerprint density at radius 3 is 1.29 bits per heavy atom. The van der Waals surface area contributed by atoms with Gasteiger partial charge in [0.05, 0.1) is 0 Å². The SMILES string of the molecule is CCC(C(=O)OC(C)(C)C)(C(F)(F)F)C(F)(F)C(CC(CC(C)(C(=O)O)C(F)(F)F)c1ccc(C(O)(C(F)(F)F)C(F)(F)F)cc1)(OC(=O)OC(C)(C)C)C(F)(F)F. The Morgan fingerprint density at radius 2 is 1.00 bits per heavy atom. The standard InChI is InChI=1S/C33H37F17O8/c1-9-25(30(39,40)41,20(53)56-22(2,3)4)28(34,35)26(31(42,43)44,58-21(54)57-23(5,6)7)15-17(14-24(8,19(51)52)29(36,37)38)16-10-12-18(13-11-16)27(55,32(45,46)47)33(48,49)50/h10-13,17,55H,9,14-15H2,1-8H3,(H,51,52). The fourth-order valence-electron chi connectivity index (χ4n) is 5.65. The lowest BCUT2D eigenvalue weighted by Crippen LogP contribution is -2.73. The summed E-state index contributed by atoms with van der Waals surface area (Å²) in [5.41, 5.74) is -30.3. The number of carboxylic acid groups (broad SMARTS) is 1. The van der Waals surface area contributed by atoms with Gasteiger partial charge in [-0.2, -0.15) is 65.9 Å². The smallest absolute Gasteiger partial charge is 0.481 e. The summed E-state index contributed by atoms with van der Waals surface area (Å²) in [6, 6.07) is -1.25. The highest BCUT2D eigenvalue weighted by Gasteiger charge is 2.87. The Kier molecular flexibility index (Phi) is 14.1. The number of hydrogen-bond donors (Lipinski definition) is 2. The van der Waals surface area contributed by atoms with E-state index in [-0.39, 0.29) is 26.0 Å². The molecule has 8 nitrogen and oxygen atoms in total. The zero-order valence-electron chi connectivity index (χ0n) is 31.3. The minimum Gasteiger partial charge on any atom is -0.481 e. The zero-order valence-corrected chi connectivity index (χ0v) is 31.3. The molecule has 0 saturated heterocycles. The van der Waals surface area contributed by atoms with Crippen LogP contribution in [0.2, 0.25) is 0 Å². The predicted octanol–water partition coefficient (Wildman–Crippen LogP) is 10.7. The summed E-state index contributed by atoms with van der Waals surface area (Å²) in [7, 11) is 0. The van der Waals surface area contributed by atoms with Crippen LogP contribution in [0.3, 0.4) is 0 Å². The minimum absolute atomic E-state index is 0.0870. The molecule has 0 fully saturated rings. The summed E-state index contributed by atoms with van der Waals surface area (Å²) >= 11 is 0. The summed E-state index contributed by atoms with van der Waals surface area (Å²) in [5.74, 6) is -16.5.